The van der Waals surface area contributed by atoms with E-state index in [0.717, 1.165) is 11.4 Å². The second-order valence-electron chi connectivity index (χ2n) is 4.84. The zero-order valence-corrected chi connectivity index (χ0v) is 11.0. The van der Waals surface area contributed by atoms with Gasteiger partial charge in [0.2, 0.25) is 5.91 Å². The standard InChI is InChI=1S/C13H21N3O/c1-10-6-5-7-11(16-10)8-15-9-13(2,3)12(17)14-4/h5-7,15H,8-9H2,1-4H3,(H,14,17). The molecule has 4 heteroatoms. The monoisotopic (exact) mass is 235 g/mol. The maximum absolute atomic E-state index is 11.6. The molecule has 0 atom stereocenters. The van der Waals surface area contributed by atoms with E-state index in [0.29, 0.717) is 13.1 Å². The van der Waals surface area contributed by atoms with Crippen LogP contribution in [0.25, 0.3) is 0 Å². The van der Waals surface area contributed by atoms with Crippen molar-refractivity contribution in [1.29, 1.82) is 0 Å². The van der Waals surface area contributed by atoms with Gasteiger partial charge in [0, 0.05) is 25.8 Å². The van der Waals surface area contributed by atoms with Gasteiger partial charge in [-0.15, -0.1) is 0 Å². The van der Waals surface area contributed by atoms with Crippen molar-refractivity contribution < 1.29 is 4.79 Å². The molecule has 0 fully saturated rings. The number of carbonyl (C=O) groups is 1. The lowest BCUT2D eigenvalue weighted by Crippen LogP contribution is -2.41. The van der Waals surface area contributed by atoms with Crippen LogP contribution in [0.2, 0.25) is 0 Å². The summed E-state index contributed by atoms with van der Waals surface area (Å²) in [5.74, 6) is 0.0437. The summed E-state index contributed by atoms with van der Waals surface area (Å²) in [5.41, 5.74) is 1.60. The van der Waals surface area contributed by atoms with Gasteiger partial charge in [0.1, 0.15) is 0 Å². The third-order valence-electron chi connectivity index (χ3n) is 2.66. The first-order chi connectivity index (χ1) is 7.95. The number of pyridine rings is 1. The lowest BCUT2D eigenvalue weighted by atomic mass is 9.92. The van der Waals surface area contributed by atoms with Crippen molar-refractivity contribution in [2.75, 3.05) is 13.6 Å². The lowest BCUT2D eigenvalue weighted by Gasteiger charge is -2.22. The zero-order chi connectivity index (χ0) is 12.9. The average Bonchev–Trinajstić information content (AvgIpc) is 2.27. The largest absolute Gasteiger partial charge is 0.359 e. The van der Waals surface area contributed by atoms with Gasteiger partial charge in [-0.3, -0.25) is 9.78 Å². The van der Waals surface area contributed by atoms with Crippen molar-refractivity contribution in [1.82, 2.24) is 15.6 Å². The molecule has 0 spiro atoms. The summed E-state index contributed by atoms with van der Waals surface area (Å²) in [4.78, 5) is 16.0. The lowest BCUT2D eigenvalue weighted by molar-refractivity contribution is -0.128. The predicted molar refractivity (Wildman–Crippen MR) is 68.5 cm³/mol. The van der Waals surface area contributed by atoms with Crippen molar-refractivity contribution >= 4 is 5.91 Å². The highest BCUT2D eigenvalue weighted by molar-refractivity contribution is 5.81. The molecule has 94 valence electrons. The molecule has 1 aromatic rings. The number of nitrogens with zero attached hydrogens (tertiary/aromatic N) is 1. The molecule has 0 aromatic carbocycles. The average molecular weight is 235 g/mol. The summed E-state index contributed by atoms with van der Waals surface area (Å²) in [5, 5.41) is 5.93. The molecule has 0 radical (unpaired) electrons. The quantitative estimate of drug-likeness (QED) is 0.807. The highest BCUT2D eigenvalue weighted by Gasteiger charge is 2.25. The van der Waals surface area contributed by atoms with Crippen molar-refractivity contribution in [2.24, 2.45) is 5.41 Å². The number of hydrogen-bond donors (Lipinski definition) is 2. The zero-order valence-electron chi connectivity index (χ0n) is 11.0. The van der Waals surface area contributed by atoms with Crippen LogP contribution in [0.3, 0.4) is 0 Å². The normalized spacial score (nSPS) is 11.3. The minimum atomic E-state index is -0.404. The molecule has 4 nitrogen and oxygen atoms in total. The van der Waals surface area contributed by atoms with Crippen LogP contribution in [0, 0.1) is 12.3 Å². The summed E-state index contributed by atoms with van der Waals surface area (Å²) in [6, 6.07) is 5.94. The van der Waals surface area contributed by atoms with Crippen molar-refractivity contribution in [3.8, 4) is 0 Å². The van der Waals surface area contributed by atoms with Crippen molar-refractivity contribution in [2.45, 2.75) is 27.3 Å². The summed E-state index contributed by atoms with van der Waals surface area (Å²) >= 11 is 0. The molecular formula is C13H21N3O. The molecule has 1 rings (SSSR count). The van der Waals surface area contributed by atoms with E-state index in [9.17, 15) is 4.79 Å². The Balaban J connectivity index is 2.45. The molecule has 0 aliphatic rings. The highest BCUT2D eigenvalue weighted by Crippen LogP contribution is 2.13. The van der Waals surface area contributed by atoms with Crippen LogP contribution in [0.15, 0.2) is 18.2 Å². The highest BCUT2D eigenvalue weighted by atomic mass is 16.2. The van der Waals surface area contributed by atoms with E-state index in [1.165, 1.54) is 0 Å². The van der Waals surface area contributed by atoms with Gasteiger partial charge in [-0.05, 0) is 32.9 Å². The summed E-state index contributed by atoms with van der Waals surface area (Å²) < 4.78 is 0. The van der Waals surface area contributed by atoms with Gasteiger partial charge < -0.3 is 10.6 Å². The molecule has 17 heavy (non-hydrogen) atoms. The summed E-state index contributed by atoms with van der Waals surface area (Å²) in [6.45, 7) is 7.12. The molecule has 2 N–H and O–H groups in total. The predicted octanol–water partition coefficient (Wildman–Crippen LogP) is 1.25. The molecular weight excluding hydrogens is 214 g/mol. The van der Waals surface area contributed by atoms with Crippen molar-refractivity contribution in [3.63, 3.8) is 0 Å². The van der Waals surface area contributed by atoms with Gasteiger partial charge in [0.05, 0.1) is 11.1 Å². The SMILES string of the molecule is CNC(=O)C(C)(C)CNCc1cccc(C)n1. The summed E-state index contributed by atoms with van der Waals surface area (Å²) in [6.07, 6.45) is 0. The topological polar surface area (TPSA) is 54.0 Å². The molecule has 1 heterocycles. The number of carbonyl (C=O) groups excluding carboxylic acids is 1. The smallest absolute Gasteiger partial charge is 0.226 e. The van der Waals surface area contributed by atoms with Crippen LogP contribution in [-0.2, 0) is 11.3 Å². The fourth-order valence-corrected chi connectivity index (χ4v) is 1.62. The third-order valence-corrected chi connectivity index (χ3v) is 2.66. The Morgan fingerprint density at radius 3 is 2.71 bits per heavy atom. The maximum atomic E-state index is 11.6. The van der Waals surface area contributed by atoms with Crippen LogP contribution < -0.4 is 10.6 Å². The Bertz CT molecular complexity index is 388. The van der Waals surface area contributed by atoms with Crippen LogP contribution in [0.1, 0.15) is 25.2 Å². The van der Waals surface area contributed by atoms with E-state index in [2.05, 4.69) is 15.6 Å². The van der Waals surface area contributed by atoms with E-state index in [1.807, 2.05) is 39.0 Å². The molecule has 1 amide bonds. The number of rotatable bonds is 5. The maximum Gasteiger partial charge on any atom is 0.226 e. The van der Waals surface area contributed by atoms with Crippen LogP contribution in [0.5, 0.6) is 0 Å². The molecule has 0 unspecified atom stereocenters. The number of nitrogens with one attached hydrogen (secondary N) is 2. The van der Waals surface area contributed by atoms with Gasteiger partial charge in [-0.1, -0.05) is 6.07 Å². The third kappa shape index (κ3) is 4.15. The number of amides is 1. The van der Waals surface area contributed by atoms with Crippen LogP contribution in [0.4, 0.5) is 0 Å². The second-order valence-corrected chi connectivity index (χ2v) is 4.84. The van der Waals surface area contributed by atoms with Crippen LogP contribution in [-0.4, -0.2) is 24.5 Å². The molecule has 0 aliphatic carbocycles. The summed E-state index contributed by atoms with van der Waals surface area (Å²) in [7, 11) is 1.66. The van der Waals surface area contributed by atoms with E-state index in [4.69, 9.17) is 0 Å². The first kappa shape index (κ1) is 13.6. The van der Waals surface area contributed by atoms with Crippen LogP contribution >= 0.6 is 0 Å². The Morgan fingerprint density at radius 1 is 1.41 bits per heavy atom. The van der Waals surface area contributed by atoms with Gasteiger partial charge in [0.25, 0.3) is 0 Å². The second kappa shape index (κ2) is 5.77. The molecule has 0 saturated heterocycles. The Labute approximate surface area is 103 Å². The molecule has 1 aromatic heterocycles. The number of hydrogen-bond acceptors (Lipinski definition) is 3. The minimum Gasteiger partial charge on any atom is -0.359 e. The van der Waals surface area contributed by atoms with Gasteiger partial charge >= 0.3 is 0 Å². The fourth-order valence-electron chi connectivity index (χ4n) is 1.62. The molecule has 0 aliphatic heterocycles. The first-order valence-electron chi connectivity index (χ1n) is 5.81. The van der Waals surface area contributed by atoms with E-state index in [-0.39, 0.29) is 5.91 Å². The first-order valence-corrected chi connectivity index (χ1v) is 5.81. The van der Waals surface area contributed by atoms with Crippen molar-refractivity contribution in [3.05, 3.63) is 29.6 Å². The minimum absolute atomic E-state index is 0.0437. The van der Waals surface area contributed by atoms with Gasteiger partial charge in [0.15, 0.2) is 0 Å². The van der Waals surface area contributed by atoms with E-state index < -0.39 is 5.41 Å². The number of aryl methyl sites for hydroxylation is 1. The number of aromatic nitrogens is 1. The Kier molecular flexibility index (Phi) is 4.63. The van der Waals surface area contributed by atoms with Gasteiger partial charge in [-0.25, -0.2) is 0 Å². The fraction of sp³-hybridized carbons (Fsp3) is 0.538. The molecule has 0 bridgehead atoms. The van der Waals surface area contributed by atoms with Gasteiger partial charge in [-0.2, -0.15) is 0 Å². The van der Waals surface area contributed by atoms with E-state index >= 15 is 0 Å². The Hall–Kier alpha value is -1.42. The van der Waals surface area contributed by atoms with E-state index in [1.54, 1.807) is 7.05 Å². The molecule has 0 saturated carbocycles. The Morgan fingerprint density at radius 2 is 2.12 bits per heavy atom.